The van der Waals surface area contributed by atoms with Crippen LogP contribution in [0.3, 0.4) is 0 Å². The van der Waals surface area contributed by atoms with Crippen molar-refractivity contribution in [2.24, 2.45) is 11.8 Å². The van der Waals surface area contributed by atoms with Gasteiger partial charge >= 0.3 is 0 Å². The van der Waals surface area contributed by atoms with Gasteiger partial charge in [-0.2, -0.15) is 0 Å². The molecule has 0 aromatic heterocycles. The highest BCUT2D eigenvalue weighted by molar-refractivity contribution is 5.87. The van der Waals surface area contributed by atoms with Crippen LogP contribution in [0, 0.1) is 11.8 Å². The Balaban J connectivity index is 1.44. The zero-order valence-corrected chi connectivity index (χ0v) is 14.9. The van der Waals surface area contributed by atoms with Gasteiger partial charge < -0.3 is 9.80 Å². The van der Waals surface area contributed by atoms with Gasteiger partial charge in [-0.3, -0.25) is 9.59 Å². The highest BCUT2D eigenvalue weighted by atomic mass is 16.2. The second-order valence-electron chi connectivity index (χ2n) is 7.26. The highest BCUT2D eigenvalue weighted by Crippen LogP contribution is 2.25. The van der Waals surface area contributed by atoms with Crippen molar-refractivity contribution >= 4 is 11.8 Å². The van der Waals surface area contributed by atoms with Crippen LogP contribution >= 0.6 is 0 Å². The van der Waals surface area contributed by atoms with E-state index in [1.165, 1.54) is 11.6 Å². The molecule has 2 aliphatic heterocycles. The van der Waals surface area contributed by atoms with E-state index in [2.05, 4.69) is 41.8 Å². The Bertz CT molecular complexity index is 598. The van der Waals surface area contributed by atoms with Crippen molar-refractivity contribution in [1.82, 2.24) is 9.80 Å². The van der Waals surface area contributed by atoms with Crippen molar-refractivity contribution in [2.45, 2.75) is 32.1 Å². The van der Waals surface area contributed by atoms with Gasteiger partial charge in [-0.25, -0.2) is 0 Å². The summed E-state index contributed by atoms with van der Waals surface area (Å²) >= 11 is 0. The fraction of sp³-hybridized carbons (Fsp3) is 0.524. The predicted molar refractivity (Wildman–Crippen MR) is 99.0 cm³/mol. The van der Waals surface area contributed by atoms with E-state index < -0.39 is 0 Å². The summed E-state index contributed by atoms with van der Waals surface area (Å²) in [6.07, 6.45) is 6.22. The van der Waals surface area contributed by atoms with Crippen LogP contribution in [0.2, 0.25) is 0 Å². The average molecular weight is 340 g/mol. The van der Waals surface area contributed by atoms with Crippen LogP contribution in [0.4, 0.5) is 0 Å². The first-order chi connectivity index (χ1) is 12.2. The Morgan fingerprint density at radius 1 is 0.960 bits per heavy atom. The summed E-state index contributed by atoms with van der Waals surface area (Å²) in [5, 5.41) is 0. The molecule has 2 amide bonds. The van der Waals surface area contributed by atoms with Crippen molar-refractivity contribution < 1.29 is 9.59 Å². The molecule has 0 radical (unpaired) electrons. The van der Waals surface area contributed by atoms with Gasteiger partial charge in [0.1, 0.15) is 0 Å². The van der Waals surface area contributed by atoms with E-state index in [-0.39, 0.29) is 11.8 Å². The number of rotatable bonds is 4. The molecule has 134 valence electrons. The normalized spacial score (nSPS) is 19.7. The van der Waals surface area contributed by atoms with E-state index in [0.717, 1.165) is 45.2 Å². The first-order valence-electron chi connectivity index (χ1n) is 9.41. The lowest BCUT2D eigenvalue weighted by atomic mass is 9.88. The summed E-state index contributed by atoms with van der Waals surface area (Å²) in [5.41, 5.74) is 1.39. The lowest BCUT2D eigenvalue weighted by Crippen LogP contribution is -2.46. The molecule has 25 heavy (non-hydrogen) atoms. The van der Waals surface area contributed by atoms with Gasteiger partial charge in [0.2, 0.25) is 11.8 Å². The SMILES string of the molecule is C=CC(=O)N1CCC(C(=O)N2CCC(Cc3ccccc3)CC2)CC1. The van der Waals surface area contributed by atoms with Gasteiger partial charge in [0, 0.05) is 32.1 Å². The van der Waals surface area contributed by atoms with Crippen molar-refractivity contribution in [1.29, 1.82) is 0 Å². The van der Waals surface area contributed by atoms with E-state index in [1.807, 2.05) is 0 Å². The second-order valence-corrected chi connectivity index (χ2v) is 7.26. The number of nitrogens with zero attached hydrogens (tertiary/aromatic N) is 2. The smallest absolute Gasteiger partial charge is 0.245 e. The summed E-state index contributed by atoms with van der Waals surface area (Å²) in [6, 6.07) is 10.6. The molecule has 2 fully saturated rings. The van der Waals surface area contributed by atoms with Gasteiger partial charge in [-0.1, -0.05) is 36.9 Å². The minimum atomic E-state index is -0.0207. The molecule has 3 rings (SSSR count). The summed E-state index contributed by atoms with van der Waals surface area (Å²) in [6.45, 7) is 6.63. The summed E-state index contributed by atoms with van der Waals surface area (Å²) in [7, 11) is 0. The summed E-state index contributed by atoms with van der Waals surface area (Å²) in [4.78, 5) is 28.3. The van der Waals surface area contributed by atoms with Gasteiger partial charge in [0.15, 0.2) is 0 Å². The molecule has 0 bridgehead atoms. The minimum absolute atomic E-state index is 0.0207. The monoisotopic (exact) mass is 340 g/mol. The maximum absolute atomic E-state index is 12.8. The lowest BCUT2D eigenvalue weighted by molar-refractivity contribution is -0.140. The fourth-order valence-electron chi connectivity index (χ4n) is 4.04. The third-order valence-electron chi connectivity index (χ3n) is 5.62. The topological polar surface area (TPSA) is 40.6 Å². The van der Waals surface area contributed by atoms with Crippen LogP contribution in [0.25, 0.3) is 0 Å². The molecule has 0 N–H and O–H groups in total. The average Bonchev–Trinajstić information content (AvgIpc) is 2.68. The van der Waals surface area contributed by atoms with Crippen LogP contribution in [0.15, 0.2) is 43.0 Å². The van der Waals surface area contributed by atoms with Crippen LogP contribution in [0.5, 0.6) is 0 Å². The predicted octanol–water partition coefficient (Wildman–Crippen LogP) is 2.89. The largest absolute Gasteiger partial charge is 0.342 e. The molecule has 0 saturated carbocycles. The molecule has 0 spiro atoms. The standard InChI is InChI=1S/C21H28N2O2/c1-2-20(24)22-14-10-19(11-15-22)21(25)23-12-8-18(9-13-23)16-17-6-4-3-5-7-17/h2-7,18-19H,1,8-16H2. The zero-order valence-electron chi connectivity index (χ0n) is 14.9. The number of carbonyl (C=O) groups is 2. The Morgan fingerprint density at radius 3 is 2.16 bits per heavy atom. The van der Waals surface area contributed by atoms with Gasteiger partial charge in [-0.15, -0.1) is 0 Å². The van der Waals surface area contributed by atoms with Crippen molar-refractivity contribution in [2.75, 3.05) is 26.2 Å². The maximum Gasteiger partial charge on any atom is 0.245 e. The highest BCUT2D eigenvalue weighted by Gasteiger charge is 2.31. The molecule has 2 saturated heterocycles. The molecule has 0 unspecified atom stereocenters. The van der Waals surface area contributed by atoms with E-state index >= 15 is 0 Å². The maximum atomic E-state index is 12.8. The van der Waals surface area contributed by atoms with E-state index in [4.69, 9.17) is 0 Å². The Morgan fingerprint density at radius 2 is 1.56 bits per heavy atom. The minimum Gasteiger partial charge on any atom is -0.342 e. The number of likely N-dealkylation sites (tertiary alicyclic amines) is 2. The first kappa shape index (κ1) is 17.7. The number of benzene rings is 1. The molecule has 2 aliphatic rings. The molecule has 4 heteroatoms. The number of hydrogen-bond acceptors (Lipinski definition) is 2. The van der Waals surface area contributed by atoms with E-state index in [0.29, 0.717) is 24.9 Å². The quantitative estimate of drug-likeness (QED) is 0.791. The number of carbonyl (C=O) groups excluding carboxylic acids is 2. The number of piperidine rings is 2. The third-order valence-corrected chi connectivity index (χ3v) is 5.62. The number of amides is 2. The zero-order chi connectivity index (χ0) is 17.6. The fourth-order valence-corrected chi connectivity index (χ4v) is 4.04. The Hall–Kier alpha value is -2.10. The molecule has 0 aliphatic carbocycles. The van der Waals surface area contributed by atoms with Crippen LogP contribution in [-0.2, 0) is 16.0 Å². The van der Waals surface area contributed by atoms with Crippen molar-refractivity contribution in [3.8, 4) is 0 Å². The second kappa shape index (κ2) is 8.32. The molecular formula is C21H28N2O2. The first-order valence-corrected chi connectivity index (χ1v) is 9.41. The molecular weight excluding hydrogens is 312 g/mol. The molecule has 0 atom stereocenters. The van der Waals surface area contributed by atoms with E-state index in [9.17, 15) is 9.59 Å². The van der Waals surface area contributed by atoms with Gasteiger partial charge in [0.05, 0.1) is 0 Å². The van der Waals surface area contributed by atoms with Gasteiger partial charge in [-0.05, 0) is 49.7 Å². The summed E-state index contributed by atoms with van der Waals surface area (Å²) in [5.74, 6) is 1.04. The van der Waals surface area contributed by atoms with E-state index in [1.54, 1.807) is 4.90 Å². The summed E-state index contributed by atoms with van der Waals surface area (Å²) < 4.78 is 0. The third kappa shape index (κ3) is 4.50. The van der Waals surface area contributed by atoms with Crippen molar-refractivity contribution in [3.05, 3.63) is 48.6 Å². The lowest BCUT2D eigenvalue weighted by Gasteiger charge is -2.37. The number of hydrogen-bond donors (Lipinski definition) is 0. The van der Waals surface area contributed by atoms with Crippen LogP contribution in [-0.4, -0.2) is 47.8 Å². The Labute approximate surface area is 150 Å². The van der Waals surface area contributed by atoms with Crippen LogP contribution in [0.1, 0.15) is 31.2 Å². The van der Waals surface area contributed by atoms with Crippen LogP contribution < -0.4 is 0 Å². The molecule has 4 nitrogen and oxygen atoms in total. The molecule has 2 heterocycles. The molecule has 1 aromatic carbocycles. The molecule has 1 aromatic rings. The Kier molecular flexibility index (Phi) is 5.90. The van der Waals surface area contributed by atoms with Gasteiger partial charge in [0.25, 0.3) is 0 Å². The van der Waals surface area contributed by atoms with Crippen molar-refractivity contribution in [3.63, 3.8) is 0 Å².